The van der Waals surface area contributed by atoms with Crippen molar-refractivity contribution in [2.45, 2.75) is 51.0 Å². The van der Waals surface area contributed by atoms with Crippen molar-refractivity contribution in [2.75, 3.05) is 0 Å². The fourth-order valence-corrected chi connectivity index (χ4v) is 5.42. The molecule has 1 aliphatic heterocycles. The molecule has 1 heterocycles. The molecule has 0 spiro atoms. The van der Waals surface area contributed by atoms with Gasteiger partial charge in [0.25, 0.3) is 0 Å². The number of carbonyl (C=O) groups excluding carboxylic acids is 2. The summed E-state index contributed by atoms with van der Waals surface area (Å²) in [6.07, 6.45) is 4.11. The van der Waals surface area contributed by atoms with Gasteiger partial charge in [-0.15, -0.1) is 0 Å². The van der Waals surface area contributed by atoms with Gasteiger partial charge in [0.2, 0.25) is 0 Å². The minimum absolute atomic E-state index is 0.0635. The number of nitrogens with zero attached hydrogens (tertiary/aromatic N) is 1. The van der Waals surface area contributed by atoms with Gasteiger partial charge in [-0.3, -0.25) is 9.59 Å². The number of phenolic OH excluding ortho intramolecular Hbond substituents is 1. The molecule has 2 aromatic rings. The number of allylic oxidation sites excluding steroid dienone is 4. The van der Waals surface area contributed by atoms with E-state index in [1.54, 1.807) is 18.2 Å². The van der Waals surface area contributed by atoms with Gasteiger partial charge in [-0.1, -0.05) is 41.9 Å². The first kappa shape index (κ1) is 20.1. The zero-order valence-corrected chi connectivity index (χ0v) is 18.0. The lowest BCUT2D eigenvalue weighted by molar-refractivity contribution is -0.117. The highest BCUT2D eigenvalue weighted by Gasteiger charge is 2.44. The normalized spacial score (nSPS) is 19.6. The molecule has 5 rings (SSSR count). The third-order valence-corrected chi connectivity index (χ3v) is 6.81. The lowest BCUT2D eigenvalue weighted by Crippen LogP contribution is -2.38. The minimum atomic E-state index is -0.545. The Hall–Kier alpha value is -2.85. The van der Waals surface area contributed by atoms with Crippen LogP contribution in [0.5, 0.6) is 5.75 Å². The number of aromatic hydroxyl groups is 1. The molecule has 1 N–H and O–H groups in total. The van der Waals surface area contributed by atoms with Gasteiger partial charge in [0.05, 0.1) is 0 Å². The summed E-state index contributed by atoms with van der Waals surface area (Å²) in [6.45, 7) is 0.632. The molecule has 31 heavy (non-hydrogen) atoms. The third kappa shape index (κ3) is 3.49. The molecule has 2 aromatic carbocycles. The summed E-state index contributed by atoms with van der Waals surface area (Å²) in [4.78, 5) is 28.7. The smallest absolute Gasteiger partial charge is 0.161 e. The van der Waals surface area contributed by atoms with Crippen LogP contribution in [-0.2, 0) is 16.1 Å². The van der Waals surface area contributed by atoms with Gasteiger partial charge in [-0.25, -0.2) is 0 Å². The quantitative estimate of drug-likeness (QED) is 0.678. The average Bonchev–Trinajstić information content (AvgIpc) is 2.77. The minimum Gasteiger partial charge on any atom is -0.508 e. The largest absolute Gasteiger partial charge is 0.508 e. The van der Waals surface area contributed by atoms with Gasteiger partial charge in [0, 0.05) is 58.4 Å². The van der Waals surface area contributed by atoms with Gasteiger partial charge in [-0.2, -0.15) is 0 Å². The number of hydrogen-bond donors (Lipinski definition) is 1. The maximum Gasteiger partial charge on any atom is 0.161 e. The molecule has 0 radical (unpaired) electrons. The summed E-state index contributed by atoms with van der Waals surface area (Å²) in [6, 6.07) is 15.0. The van der Waals surface area contributed by atoms with Crippen molar-refractivity contribution in [1.82, 2.24) is 4.90 Å². The highest BCUT2D eigenvalue weighted by Crippen LogP contribution is 2.51. The number of phenols is 1. The van der Waals surface area contributed by atoms with Crippen molar-refractivity contribution in [3.63, 3.8) is 0 Å². The van der Waals surface area contributed by atoms with Crippen LogP contribution in [0.2, 0.25) is 5.02 Å². The Morgan fingerprint density at radius 3 is 2.10 bits per heavy atom. The maximum absolute atomic E-state index is 13.3. The molecule has 0 bridgehead atoms. The predicted molar refractivity (Wildman–Crippen MR) is 120 cm³/mol. The SMILES string of the molecule is O=C1CCCC2=C1C(c1cc(Cl)ccc1O)C1=C(CCCC1=O)N2Cc1ccccc1. The fourth-order valence-electron chi connectivity index (χ4n) is 5.24. The molecule has 0 saturated carbocycles. The summed E-state index contributed by atoms with van der Waals surface area (Å²) in [5.74, 6) is -0.347. The number of carbonyl (C=O) groups is 2. The summed E-state index contributed by atoms with van der Waals surface area (Å²) < 4.78 is 0. The molecule has 4 nitrogen and oxygen atoms in total. The Balaban J connectivity index is 1.74. The topological polar surface area (TPSA) is 57.6 Å². The summed E-state index contributed by atoms with van der Waals surface area (Å²) in [7, 11) is 0. The molecule has 0 aromatic heterocycles. The van der Waals surface area contributed by atoms with E-state index in [2.05, 4.69) is 17.0 Å². The Morgan fingerprint density at radius 2 is 1.48 bits per heavy atom. The van der Waals surface area contributed by atoms with Gasteiger partial charge in [0.15, 0.2) is 11.6 Å². The van der Waals surface area contributed by atoms with Crippen molar-refractivity contribution in [2.24, 2.45) is 0 Å². The van der Waals surface area contributed by atoms with Gasteiger partial charge in [0.1, 0.15) is 5.75 Å². The molecule has 2 aliphatic carbocycles. The van der Waals surface area contributed by atoms with E-state index in [1.807, 2.05) is 18.2 Å². The second-order valence-electron chi connectivity index (χ2n) is 8.48. The average molecular weight is 434 g/mol. The summed E-state index contributed by atoms with van der Waals surface area (Å²) in [5, 5.41) is 11.2. The van der Waals surface area contributed by atoms with Crippen LogP contribution in [0.3, 0.4) is 0 Å². The second kappa shape index (κ2) is 8.01. The zero-order chi connectivity index (χ0) is 21.5. The Labute approximate surface area is 186 Å². The van der Waals surface area contributed by atoms with E-state index >= 15 is 0 Å². The Kier molecular flexibility index (Phi) is 5.19. The molecule has 3 aliphatic rings. The monoisotopic (exact) mass is 433 g/mol. The van der Waals surface area contributed by atoms with E-state index in [-0.39, 0.29) is 17.3 Å². The standard InChI is InChI=1S/C26H24ClNO3/c27-17-12-13-21(29)18(14-17)24-25-19(8-4-10-22(25)30)28(15-16-6-2-1-3-7-16)20-9-5-11-23(31)26(20)24/h1-3,6-7,12-14,24,29H,4-5,8-11,15H2. The predicted octanol–water partition coefficient (Wildman–Crippen LogP) is 5.66. The number of hydrogen-bond acceptors (Lipinski definition) is 4. The van der Waals surface area contributed by atoms with Gasteiger partial charge in [-0.05, 0) is 49.4 Å². The van der Waals surface area contributed by atoms with Crippen LogP contribution >= 0.6 is 11.6 Å². The Morgan fingerprint density at radius 1 is 0.871 bits per heavy atom. The molecular formula is C26H24ClNO3. The summed E-state index contributed by atoms with van der Waals surface area (Å²) in [5.41, 5.74) is 5.01. The maximum atomic E-state index is 13.3. The number of benzene rings is 2. The van der Waals surface area contributed by atoms with Gasteiger partial charge >= 0.3 is 0 Å². The zero-order valence-electron chi connectivity index (χ0n) is 17.2. The van der Waals surface area contributed by atoms with Crippen LogP contribution in [0.25, 0.3) is 0 Å². The van der Waals surface area contributed by atoms with Crippen LogP contribution in [0, 0.1) is 0 Å². The number of Topliss-reactive ketones (excluding diaryl/α,β-unsaturated/α-hetero) is 2. The van der Waals surface area contributed by atoms with E-state index in [1.165, 1.54) is 0 Å². The van der Waals surface area contributed by atoms with Crippen molar-refractivity contribution in [3.05, 3.63) is 87.2 Å². The van der Waals surface area contributed by atoms with Crippen LogP contribution in [0.1, 0.15) is 55.6 Å². The van der Waals surface area contributed by atoms with Crippen molar-refractivity contribution < 1.29 is 14.7 Å². The van der Waals surface area contributed by atoms with E-state index in [0.29, 0.717) is 41.1 Å². The lowest BCUT2D eigenvalue weighted by atomic mass is 9.70. The third-order valence-electron chi connectivity index (χ3n) is 6.57. The van der Waals surface area contributed by atoms with Crippen LogP contribution in [0.4, 0.5) is 0 Å². The molecule has 0 fully saturated rings. The summed E-state index contributed by atoms with van der Waals surface area (Å²) >= 11 is 6.27. The van der Waals surface area contributed by atoms with Crippen molar-refractivity contribution in [1.29, 1.82) is 0 Å². The number of halogens is 1. The van der Waals surface area contributed by atoms with E-state index in [4.69, 9.17) is 11.6 Å². The van der Waals surface area contributed by atoms with E-state index < -0.39 is 5.92 Å². The van der Waals surface area contributed by atoms with Crippen LogP contribution in [0.15, 0.2) is 71.1 Å². The molecule has 0 unspecified atom stereocenters. The highest BCUT2D eigenvalue weighted by atomic mass is 35.5. The van der Waals surface area contributed by atoms with E-state index in [9.17, 15) is 14.7 Å². The van der Waals surface area contributed by atoms with Crippen LogP contribution in [-0.4, -0.2) is 21.6 Å². The first-order chi connectivity index (χ1) is 15.0. The van der Waals surface area contributed by atoms with Crippen molar-refractivity contribution >= 4 is 23.2 Å². The highest BCUT2D eigenvalue weighted by molar-refractivity contribution is 6.30. The molecule has 0 saturated heterocycles. The molecular weight excluding hydrogens is 410 g/mol. The molecule has 158 valence electrons. The van der Waals surface area contributed by atoms with E-state index in [0.717, 1.165) is 42.6 Å². The number of rotatable bonds is 3. The first-order valence-corrected chi connectivity index (χ1v) is 11.2. The fraction of sp³-hybridized carbons (Fsp3) is 0.308. The molecule has 0 amide bonds. The molecule has 5 heteroatoms. The van der Waals surface area contributed by atoms with Crippen LogP contribution < -0.4 is 0 Å². The Bertz CT molecular complexity index is 1090. The second-order valence-corrected chi connectivity index (χ2v) is 8.92. The first-order valence-electron chi connectivity index (χ1n) is 10.9. The van der Waals surface area contributed by atoms with Gasteiger partial charge < -0.3 is 10.0 Å². The lowest BCUT2D eigenvalue weighted by Gasteiger charge is -2.44. The number of ketones is 2. The molecule has 0 atom stereocenters. The van der Waals surface area contributed by atoms with Crippen molar-refractivity contribution in [3.8, 4) is 5.75 Å².